The standard InChI is InChI=1S/C31H39FN6O3/c1-4-35(5-2)19-20-38(31(40)25-9-13-27(41-3)14-10-25)23-30(39)37-18-6-17-36(21-22-37)29-16-15-28(33-34-29)24-7-11-26(32)12-8-24/h7-16H,4-6,17-23H2,1-3H3. The number of hydrogen-bond acceptors (Lipinski definition) is 7. The van der Waals surface area contributed by atoms with E-state index in [4.69, 9.17) is 4.74 Å². The Morgan fingerprint density at radius 3 is 2.24 bits per heavy atom. The summed E-state index contributed by atoms with van der Waals surface area (Å²) >= 11 is 0. The minimum Gasteiger partial charge on any atom is -0.497 e. The number of carbonyl (C=O) groups excluding carboxylic acids is 2. The number of nitrogens with zero attached hydrogens (tertiary/aromatic N) is 6. The van der Waals surface area contributed by atoms with Gasteiger partial charge in [-0.15, -0.1) is 10.2 Å². The van der Waals surface area contributed by atoms with Gasteiger partial charge in [-0.1, -0.05) is 13.8 Å². The van der Waals surface area contributed by atoms with Crippen molar-refractivity contribution in [3.63, 3.8) is 0 Å². The fourth-order valence-corrected chi connectivity index (χ4v) is 4.90. The van der Waals surface area contributed by atoms with E-state index in [9.17, 15) is 14.0 Å². The van der Waals surface area contributed by atoms with Crippen LogP contribution in [0.25, 0.3) is 11.3 Å². The Morgan fingerprint density at radius 2 is 1.61 bits per heavy atom. The van der Waals surface area contributed by atoms with Crippen LogP contribution in [-0.2, 0) is 4.79 Å². The number of rotatable bonds is 11. The third-order valence-electron chi connectivity index (χ3n) is 7.49. The lowest BCUT2D eigenvalue weighted by Gasteiger charge is -2.29. The van der Waals surface area contributed by atoms with E-state index in [1.54, 1.807) is 48.4 Å². The van der Waals surface area contributed by atoms with E-state index in [0.29, 0.717) is 49.7 Å². The molecule has 2 heterocycles. The predicted molar refractivity (Wildman–Crippen MR) is 158 cm³/mol. The number of anilines is 1. The summed E-state index contributed by atoms with van der Waals surface area (Å²) in [5, 5.41) is 8.73. The van der Waals surface area contributed by atoms with Crippen molar-refractivity contribution < 1.29 is 18.7 Å². The number of halogens is 1. The molecular formula is C31H39FN6O3. The number of carbonyl (C=O) groups is 2. The van der Waals surface area contributed by atoms with Gasteiger partial charge in [-0.05, 0) is 80.2 Å². The maximum Gasteiger partial charge on any atom is 0.254 e. The van der Waals surface area contributed by atoms with Crippen LogP contribution in [0.2, 0.25) is 0 Å². The topological polar surface area (TPSA) is 82.1 Å². The van der Waals surface area contributed by atoms with Crippen LogP contribution in [0.4, 0.5) is 10.2 Å². The van der Waals surface area contributed by atoms with Crippen molar-refractivity contribution >= 4 is 17.6 Å². The smallest absolute Gasteiger partial charge is 0.254 e. The lowest BCUT2D eigenvalue weighted by molar-refractivity contribution is -0.131. The van der Waals surface area contributed by atoms with Crippen LogP contribution in [0.1, 0.15) is 30.6 Å². The van der Waals surface area contributed by atoms with E-state index in [1.165, 1.54) is 12.1 Å². The third kappa shape index (κ3) is 8.00. The van der Waals surface area contributed by atoms with Crippen molar-refractivity contribution in [2.24, 2.45) is 0 Å². The van der Waals surface area contributed by atoms with E-state index >= 15 is 0 Å². The molecule has 0 aliphatic carbocycles. The number of methoxy groups -OCH3 is 1. The fourth-order valence-electron chi connectivity index (χ4n) is 4.90. The van der Waals surface area contributed by atoms with Crippen LogP contribution >= 0.6 is 0 Å². The SMILES string of the molecule is CCN(CC)CCN(CC(=O)N1CCCN(c2ccc(-c3ccc(F)cc3)nn2)CC1)C(=O)c1ccc(OC)cc1. The van der Waals surface area contributed by atoms with Gasteiger partial charge in [0.15, 0.2) is 5.82 Å². The van der Waals surface area contributed by atoms with Gasteiger partial charge in [0.1, 0.15) is 18.1 Å². The summed E-state index contributed by atoms with van der Waals surface area (Å²) < 4.78 is 18.5. The normalized spacial score (nSPS) is 13.7. The quantitative estimate of drug-likeness (QED) is 0.352. The molecule has 4 rings (SSSR count). The molecule has 9 nitrogen and oxygen atoms in total. The van der Waals surface area contributed by atoms with E-state index in [1.807, 2.05) is 17.0 Å². The monoisotopic (exact) mass is 562 g/mol. The Morgan fingerprint density at radius 1 is 0.878 bits per heavy atom. The Kier molecular flexibility index (Phi) is 10.6. The summed E-state index contributed by atoms with van der Waals surface area (Å²) in [6, 6.07) is 16.9. The number of benzene rings is 2. The highest BCUT2D eigenvalue weighted by molar-refractivity contribution is 5.96. The summed E-state index contributed by atoms with van der Waals surface area (Å²) in [6.07, 6.45) is 0.777. The Bertz CT molecular complexity index is 1270. The van der Waals surface area contributed by atoms with Gasteiger partial charge >= 0.3 is 0 Å². The Hall–Kier alpha value is -4.05. The average Bonchev–Trinajstić information content (AvgIpc) is 3.28. The second kappa shape index (κ2) is 14.5. The van der Waals surface area contributed by atoms with Gasteiger partial charge in [0.05, 0.1) is 12.8 Å². The molecule has 0 spiro atoms. The highest BCUT2D eigenvalue weighted by Crippen LogP contribution is 2.20. The average molecular weight is 563 g/mol. The lowest BCUT2D eigenvalue weighted by Crippen LogP contribution is -2.46. The Balaban J connectivity index is 1.39. The molecule has 1 fully saturated rings. The van der Waals surface area contributed by atoms with Crippen LogP contribution in [0, 0.1) is 5.82 Å². The van der Waals surface area contributed by atoms with Gasteiger partial charge in [-0.25, -0.2) is 4.39 Å². The van der Waals surface area contributed by atoms with E-state index in [0.717, 1.165) is 37.4 Å². The van der Waals surface area contributed by atoms with Crippen LogP contribution in [-0.4, -0.2) is 103 Å². The first-order valence-corrected chi connectivity index (χ1v) is 14.2. The molecule has 0 bridgehead atoms. The van der Waals surface area contributed by atoms with Crippen molar-refractivity contribution in [1.82, 2.24) is 24.9 Å². The Labute approximate surface area is 241 Å². The molecule has 0 N–H and O–H groups in total. The first kappa shape index (κ1) is 29.9. The molecule has 1 aliphatic rings. The molecule has 41 heavy (non-hydrogen) atoms. The van der Waals surface area contributed by atoms with Gasteiger partial charge in [0.2, 0.25) is 5.91 Å². The van der Waals surface area contributed by atoms with Crippen molar-refractivity contribution in [2.75, 3.05) is 70.9 Å². The molecule has 0 saturated carbocycles. The van der Waals surface area contributed by atoms with Crippen LogP contribution in [0.5, 0.6) is 5.75 Å². The molecule has 2 aromatic carbocycles. The first-order chi connectivity index (χ1) is 19.9. The minimum absolute atomic E-state index is 0.0261. The summed E-state index contributed by atoms with van der Waals surface area (Å²) in [4.78, 5) is 34.8. The van der Waals surface area contributed by atoms with Gasteiger partial charge in [0.25, 0.3) is 5.91 Å². The van der Waals surface area contributed by atoms with E-state index < -0.39 is 0 Å². The largest absolute Gasteiger partial charge is 0.497 e. The summed E-state index contributed by atoms with van der Waals surface area (Å²) in [7, 11) is 1.59. The third-order valence-corrected chi connectivity index (χ3v) is 7.49. The molecule has 1 aliphatic heterocycles. The number of aromatic nitrogens is 2. The zero-order valence-electron chi connectivity index (χ0n) is 24.1. The maximum atomic E-state index is 13.5. The molecule has 2 amide bonds. The van der Waals surface area contributed by atoms with Crippen LogP contribution < -0.4 is 9.64 Å². The van der Waals surface area contributed by atoms with Crippen LogP contribution in [0.15, 0.2) is 60.7 Å². The zero-order valence-corrected chi connectivity index (χ0v) is 24.1. The first-order valence-electron chi connectivity index (χ1n) is 14.2. The molecule has 1 aromatic heterocycles. The minimum atomic E-state index is -0.292. The molecule has 3 aromatic rings. The van der Waals surface area contributed by atoms with Gasteiger partial charge in [-0.2, -0.15) is 0 Å². The lowest BCUT2D eigenvalue weighted by atomic mass is 10.1. The number of ether oxygens (including phenoxy) is 1. The molecule has 1 saturated heterocycles. The molecular weight excluding hydrogens is 523 g/mol. The molecule has 0 radical (unpaired) electrons. The van der Waals surface area contributed by atoms with Gasteiger partial charge in [-0.3, -0.25) is 9.59 Å². The van der Waals surface area contributed by atoms with Gasteiger partial charge < -0.3 is 24.3 Å². The molecule has 218 valence electrons. The van der Waals surface area contributed by atoms with Crippen LogP contribution in [0.3, 0.4) is 0 Å². The van der Waals surface area contributed by atoms with Gasteiger partial charge in [0, 0.05) is 50.4 Å². The van der Waals surface area contributed by atoms with Crippen molar-refractivity contribution in [1.29, 1.82) is 0 Å². The maximum absolute atomic E-state index is 13.5. The van der Waals surface area contributed by atoms with E-state index in [2.05, 4.69) is 33.8 Å². The van der Waals surface area contributed by atoms with Crippen molar-refractivity contribution in [3.05, 3.63) is 72.0 Å². The highest BCUT2D eigenvalue weighted by Gasteiger charge is 2.25. The number of likely N-dealkylation sites (N-methyl/N-ethyl adjacent to an activating group) is 1. The van der Waals surface area contributed by atoms with Crippen molar-refractivity contribution in [3.8, 4) is 17.0 Å². The summed E-state index contributed by atoms with van der Waals surface area (Å²) in [5.74, 6) is 0.892. The van der Waals surface area contributed by atoms with Crippen molar-refractivity contribution in [2.45, 2.75) is 20.3 Å². The summed E-state index contributed by atoms with van der Waals surface area (Å²) in [5.41, 5.74) is 2.00. The second-order valence-corrected chi connectivity index (χ2v) is 9.99. The number of amides is 2. The predicted octanol–water partition coefficient (Wildman–Crippen LogP) is 3.81. The highest BCUT2D eigenvalue weighted by atomic mass is 19.1. The van der Waals surface area contributed by atoms with E-state index in [-0.39, 0.29) is 24.2 Å². The molecule has 0 unspecified atom stereocenters. The number of hydrogen-bond donors (Lipinski definition) is 0. The zero-order chi connectivity index (χ0) is 29.2. The molecule has 10 heteroatoms. The summed E-state index contributed by atoms with van der Waals surface area (Å²) in [6.45, 7) is 9.62. The second-order valence-electron chi connectivity index (χ2n) is 9.99. The fraction of sp³-hybridized carbons (Fsp3) is 0.419. The molecule has 0 atom stereocenters.